The number of esters is 1. The minimum atomic E-state index is -5.58. The summed E-state index contributed by atoms with van der Waals surface area (Å²) < 4.78 is 58.2. The van der Waals surface area contributed by atoms with Crippen molar-refractivity contribution in [1.29, 1.82) is 0 Å². The number of hydrogen-bond acceptors (Lipinski definition) is 5. The Bertz CT molecular complexity index is 1330. The summed E-state index contributed by atoms with van der Waals surface area (Å²) in [6.07, 6.45) is -0.262. The molecule has 0 saturated heterocycles. The van der Waals surface area contributed by atoms with Gasteiger partial charge in [0.25, 0.3) is 0 Å². The molecule has 0 amide bonds. The van der Waals surface area contributed by atoms with Crippen LogP contribution in [-0.4, -0.2) is 30.8 Å². The van der Waals surface area contributed by atoms with E-state index in [1.807, 2.05) is 11.8 Å². The number of thioether (sulfide) groups is 1. The van der Waals surface area contributed by atoms with Crippen LogP contribution in [0, 0.1) is 0 Å². The first-order chi connectivity index (χ1) is 18.2. The first-order valence-corrected chi connectivity index (χ1v) is 13.8. The predicted molar refractivity (Wildman–Crippen MR) is 145 cm³/mol. The molecule has 0 spiro atoms. The zero-order valence-electron chi connectivity index (χ0n) is 20.2. The molecule has 0 aliphatic rings. The summed E-state index contributed by atoms with van der Waals surface area (Å²) in [4.78, 5) is 12.5. The standard InChI is InChI=1S/C19H16S.C10H10F2O5S/c1-4-10-16(11-5-1)19(17-12-6-2-7-13-17)20-18-14-8-3-9-15-18;11-10(12,18(14,15)16)7-17-9(13)6-8-4-2-1-3-5-8/h1-15,19H;1-5H,6-7H2,(H,14,15,16). The van der Waals surface area contributed by atoms with E-state index in [9.17, 15) is 22.0 Å². The molecule has 4 aromatic carbocycles. The van der Waals surface area contributed by atoms with Crippen LogP contribution in [0.5, 0.6) is 0 Å². The Labute approximate surface area is 225 Å². The van der Waals surface area contributed by atoms with Crippen molar-refractivity contribution in [1.82, 2.24) is 0 Å². The van der Waals surface area contributed by atoms with Gasteiger partial charge in [-0.3, -0.25) is 9.35 Å². The summed E-state index contributed by atoms with van der Waals surface area (Å²) in [7, 11) is -5.58. The first-order valence-electron chi connectivity index (χ1n) is 11.5. The van der Waals surface area contributed by atoms with E-state index in [1.165, 1.54) is 16.0 Å². The molecule has 0 aliphatic heterocycles. The number of hydrogen-bond donors (Lipinski definition) is 1. The molecule has 0 unspecified atom stereocenters. The maximum absolute atomic E-state index is 12.7. The van der Waals surface area contributed by atoms with Crippen molar-refractivity contribution in [2.75, 3.05) is 6.61 Å². The average Bonchev–Trinajstić information content (AvgIpc) is 2.92. The zero-order valence-corrected chi connectivity index (χ0v) is 21.8. The molecule has 0 aromatic heterocycles. The molecule has 0 fully saturated rings. The molecule has 198 valence electrons. The normalized spacial score (nSPS) is 11.4. The number of alkyl halides is 2. The highest BCUT2D eigenvalue weighted by molar-refractivity contribution is 7.99. The minimum absolute atomic E-state index is 0.262. The number of carbonyl (C=O) groups is 1. The fourth-order valence-corrected chi connectivity index (χ4v) is 4.65. The Morgan fingerprint density at radius 3 is 1.63 bits per heavy atom. The van der Waals surface area contributed by atoms with Gasteiger partial charge in [-0.15, -0.1) is 11.8 Å². The van der Waals surface area contributed by atoms with Crippen molar-refractivity contribution in [3.8, 4) is 0 Å². The van der Waals surface area contributed by atoms with Crippen LogP contribution < -0.4 is 0 Å². The maximum atomic E-state index is 12.7. The molecule has 38 heavy (non-hydrogen) atoms. The summed E-state index contributed by atoms with van der Waals surface area (Å²) in [5.41, 5.74) is 3.22. The summed E-state index contributed by atoms with van der Waals surface area (Å²) in [6.45, 7) is -1.71. The second-order valence-corrected chi connectivity index (χ2v) is 10.8. The van der Waals surface area contributed by atoms with E-state index in [1.54, 1.807) is 30.3 Å². The zero-order chi connectivity index (χ0) is 27.4. The van der Waals surface area contributed by atoms with Crippen LogP contribution in [0.3, 0.4) is 0 Å². The van der Waals surface area contributed by atoms with E-state index in [0.29, 0.717) is 10.8 Å². The topological polar surface area (TPSA) is 80.7 Å². The monoisotopic (exact) mass is 556 g/mol. The largest absolute Gasteiger partial charge is 0.458 e. The quantitative estimate of drug-likeness (QED) is 0.138. The number of rotatable bonds is 9. The molecule has 1 N–H and O–H groups in total. The lowest BCUT2D eigenvalue weighted by Crippen LogP contribution is -2.34. The molecule has 0 bridgehead atoms. The van der Waals surface area contributed by atoms with Crippen molar-refractivity contribution in [3.63, 3.8) is 0 Å². The van der Waals surface area contributed by atoms with Crippen LogP contribution in [0.15, 0.2) is 126 Å². The van der Waals surface area contributed by atoms with Gasteiger partial charge in [-0.05, 0) is 28.8 Å². The molecule has 9 heteroatoms. The first kappa shape index (κ1) is 29.0. The Morgan fingerprint density at radius 2 is 1.18 bits per heavy atom. The second kappa shape index (κ2) is 13.9. The van der Waals surface area contributed by atoms with Gasteiger partial charge < -0.3 is 4.74 Å². The van der Waals surface area contributed by atoms with E-state index in [2.05, 4.69) is 95.7 Å². The second-order valence-electron chi connectivity index (χ2n) is 8.07. The smallest absolute Gasteiger partial charge is 0.402 e. The number of ether oxygens (including phenoxy) is 1. The van der Waals surface area contributed by atoms with Gasteiger partial charge in [0.05, 0.1) is 11.7 Å². The third-order valence-corrected chi connectivity index (χ3v) is 7.37. The van der Waals surface area contributed by atoms with E-state index in [-0.39, 0.29) is 6.42 Å². The molecular weight excluding hydrogens is 530 g/mol. The van der Waals surface area contributed by atoms with Gasteiger partial charge in [-0.25, -0.2) is 0 Å². The van der Waals surface area contributed by atoms with Gasteiger partial charge in [-0.2, -0.15) is 17.2 Å². The molecule has 4 rings (SSSR count). The molecule has 5 nitrogen and oxygen atoms in total. The fourth-order valence-electron chi connectivity index (χ4n) is 3.27. The molecular formula is C29H26F2O5S2. The Balaban J connectivity index is 0.000000212. The van der Waals surface area contributed by atoms with Gasteiger partial charge in [-0.1, -0.05) is 109 Å². The van der Waals surface area contributed by atoms with E-state index < -0.39 is 27.9 Å². The van der Waals surface area contributed by atoms with Gasteiger partial charge in [0, 0.05) is 4.90 Å². The maximum Gasteiger partial charge on any atom is 0.402 e. The van der Waals surface area contributed by atoms with Gasteiger partial charge in [0.1, 0.15) is 0 Å². The summed E-state index contributed by atoms with van der Waals surface area (Å²) in [5, 5.41) is -4.17. The minimum Gasteiger partial charge on any atom is -0.458 e. The Morgan fingerprint density at radius 1 is 0.763 bits per heavy atom. The molecule has 0 aliphatic carbocycles. The summed E-state index contributed by atoms with van der Waals surface area (Å²) >= 11 is 1.89. The van der Waals surface area contributed by atoms with E-state index >= 15 is 0 Å². The van der Waals surface area contributed by atoms with Crippen LogP contribution in [0.2, 0.25) is 0 Å². The number of carbonyl (C=O) groups excluding carboxylic acids is 1. The Kier molecular flexibility index (Phi) is 10.6. The van der Waals surface area contributed by atoms with Crippen LogP contribution >= 0.6 is 11.8 Å². The third kappa shape index (κ3) is 9.09. The van der Waals surface area contributed by atoms with Crippen molar-refractivity contribution in [2.45, 2.75) is 21.8 Å². The van der Waals surface area contributed by atoms with Crippen molar-refractivity contribution in [2.24, 2.45) is 0 Å². The van der Waals surface area contributed by atoms with Crippen LogP contribution in [0.4, 0.5) is 8.78 Å². The van der Waals surface area contributed by atoms with Crippen LogP contribution in [-0.2, 0) is 26.1 Å². The molecule has 4 aromatic rings. The van der Waals surface area contributed by atoms with Gasteiger partial charge in [0.15, 0.2) is 6.61 Å². The molecule has 0 atom stereocenters. The number of halogens is 2. The molecule has 0 radical (unpaired) electrons. The lowest BCUT2D eigenvalue weighted by molar-refractivity contribution is -0.148. The number of benzene rings is 4. The highest BCUT2D eigenvalue weighted by Crippen LogP contribution is 2.40. The highest BCUT2D eigenvalue weighted by Gasteiger charge is 2.45. The van der Waals surface area contributed by atoms with Gasteiger partial charge >= 0.3 is 21.3 Å². The lowest BCUT2D eigenvalue weighted by Gasteiger charge is -2.17. The Hall–Kier alpha value is -3.53. The summed E-state index contributed by atoms with van der Waals surface area (Å²) in [6, 6.07) is 40.1. The average molecular weight is 557 g/mol. The van der Waals surface area contributed by atoms with E-state index in [0.717, 1.165) is 0 Å². The summed E-state index contributed by atoms with van der Waals surface area (Å²) in [5.74, 6) is -1.01. The van der Waals surface area contributed by atoms with Gasteiger partial charge in [0.2, 0.25) is 0 Å². The SMILES string of the molecule is O=C(Cc1ccccc1)OCC(F)(F)S(=O)(=O)O.c1ccc(SC(c2ccccc2)c2ccccc2)cc1. The lowest BCUT2D eigenvalue weighted by atomic mass is 10.0. The third-order valence-electron chi connectivity index (χ3n) is 5.17. The fraction of sp³-hybridized carbons (Fsp3) is 0.138. The van der Waals surface area contributed by atoms with Crippen molar-refractivity contribution in [3.05, 3.63) is 138 Å². The van der Waals surface area contributed by atoms with Crippen LogP contribution in [0.1, 0.15) is 21.9 Å². The van der Waals surface area contributed by atoms with Crippen molar-refractivity contribution < 1.29 is 31.3 Å². The molecule has 0 heterocycles. The van der Waals surface area contributed by atoms with Crippen LogP contribution in [0.25, 0.3) is 0 Å². The molecule has 0 saturated carbocycles. The highest BCUT2D eigenvalue weighted by atomic mass is 32.2. The van der Waals surface area contributed by atoms with Crippen molar-refractivity contribution >= 4 is 27.8 Å². The predicted octanol–water partition coefficient (Wildman–Crippen LogP) is 6.82. The van der Waals surface area contributed by atoms with E-state index in [4.69, 9.17) is 4.55 Å².